The van der Waals surface area contributed by atoms with Crippen molar-refractivity contribution in [2.24, 2.45) is 0 Å². The number of quaternary nitrogens is 1. The second-order valence-electron chi connectivity index (χ2n) is 6.09. The Bertz CT molecular complexity index is 534. The normalized spacial score (nSPS) is 22.4. The predicted molar refractivity (Wildman–Crippen MR) is 85.3 cm³/mol. The van der Waals surface area contributed by atoms with Gasteiger partial charge in [-0.3, -0.25) is 4.79 Å². The van der Waals surface area contributed by atoms with Crippen LogP contribution in [-0.4, -0.2) is 61.6 Å². The number of aliphatic hydroxyl groups is 2. The number of ketones is 1. The highest BCUT2D eigenvalue weighted by atomic mass is 16.5. The molecule has 0 spiro atoms. The lowest BCUT2D eigenvalue weighted by Crippen LogP contribution is -3.15. The molecule has 1 aliphatic rings. The number of carbonyl (C=O) groups excluding carboxylic acids is 1. The molecule has 1 aromatic rings. The van der Waals surface area contributed by atoms with Crippen LogP contribution in [0.2, 0.25) is 0 Å². The fraction of sp³-hybridized carbons (Fsp3) is 0.588. The van der Waals surface area contributed by atoms with Gasteiger partial charge in [0.1, 0.15) is 31.9 Å². The molecular weight excluding hydrogens is 298 g/mol. The number of carbonyl (C=O) groups is 1. The summed E-state index contributed by atoms with van der Waals surface area (Å²) in [5, 5.41) is 19.8. The van der Waals surface area contributed by atoms with Gasteiger partial charge in [0.2, 0.25) is 0 Å². The van der Waals surface area contributed by atoms with Gasteiger partial charge < -0.3 is 24.6 Å². The van der Waals surface area contributed by atoms with E-state index >= 15 is 0 Å². The first-order chi connectivity index (χ1) is 11.0. The van der Waals surface area contributed by atoms with E-state index in [1.165, 1.54) is 18.9 Å². The van der Waals surface area contributed by atoms with Gasteiger partial charge in [-0.05, 0) is 38.0 Å². The van der Waals surface area contributed by atoms with Crippen molar-refractivity contribution in [1.82, 2.24) is 0 Å². The average Bonchev–Trinajstić information content (AvgIpc) is 2.52. The van der Waals surface area contributed by atoms with Gasteiger partial charge in [-0.2, -0.15) is 0 Å². The van der Waals surface area contributed by atoms with Crippen LogP contribution in [0.5, 0.6) is 11.5 Å². The standard InChI is InChI=1S/C17H25NO5/c1-12(19)13-5-6-16(17(8-13)22-2)23-11-15(21)10-18-7-3-4-14(20)9-18/h5-6,8,14-15,20-21H,3-4,7,9-11H2,1-2H3/p+1/t14-,15+/m0/s1. The quantitative estimate of drug-likeness (QED) is 0.599. The Labute approximate surface area is 136 Å². The molecule has 2 rings (SSSR count). The lowest BCUT2D eigenvalue weighted by atomic mass is 10.1. The van der Waals surface area contributed by atoms with E-state index in [1.54, 1.807) is 18.2 Å². The van der Waals surface area contributed by atoms with Gasteiger partial charge in [0, 0.05) is 5.56 Å². The number of piperidine rings is 1. The van der Waals surface area contributed by atoms with E-state index in [9.17, 15) is 15.0 Å². The molecule has 3 atom stereocenters. The summed E-state index contributed by atoms with van der Waals surface area (Å²) in [4.78, 5) is 12.6. The zero-order valence-electron chi connectivity index (χ0n) is 13.7. The van der Waals surface area contributed by atoms with Crippen molar-refractivity contribution in [2.75, 3.05) is 33.4 Å². The molecule has 128 valence electrons. The molecule has 3 N–H and O–H groups in total. The molecule has 0 radical (unpaired) electrons. The van der Waals surface area contributed by atoms with Crippen molar-refractivity contribution in [3.63, 3.8) is 0 Å². The largest absolute Gasteiger partial charge is 0.493 e. The zero-order valence-corrected chi connectivity index (χ0v) is 13.7. The van der Waals surface area contributed by atoms with Gasteiger partial charge in [0.25, 0.3) is 0 Å². The Morgan fingerprint density at radius 2 is 2.22 bits per heavy atom. The fourth-order valence-electron chi connectivity index (χ4n) is 2.89. The number of nitrogens with one attached hydrogen (secondary N) is 1. The van der Waals surface area contributed by atoms with E-state index in [0.717, 1.165) is 19.4 Å². The number of hydrogen-bond acceptors (Lipinski definition) is 5. The number of likely N-dealkylation sites (tertiary alicyclic amines) is 1. The molecule has 0 amide bonds. The van der Waals surface area contributed by atoms with Gasteiger partial charge >= 0.3 is 0 Å². The third-order valence-electron chi connectivity index (χ3n) is 4.12. The first kappa shape index (κ1) is 17.7. The van der Waals surface area contributed by atoms with Crippen molar-refractivity contribution in [1.29, 1.82) is 0 Å². The highest BCUT2D eigenvalue weighted by Crippen LogP contribution is 2.28. The minimum Gasteiger partial charge on any atom is -0.493 e. The molecule has 0 bridgehead atoms. The molecule has 1 heterocycles. The number of benzene rings is 1. The molecule has 6 nitrogen and oxygen atoms in total. The molecule has 0 aromatic heterocycles. The van der Waals surface area contributed by atoms with Gasteiger partial charge in [0.05, 0.1) is 13.7 Å². The topological polar surface area (TPSA) is 80.4 Å². The molecule has 1 aromatic carbocycles. The van der Waals surface area contributed by atoms with Crippen molar-refractivity contribution in [3.05, 3.63) is 23.8 Å². The number of ether oxygens (including phenoxy) is 2. The van der Waals surface area contributed by atoms with Crippen LogP contribution in [0.4, 0.5) is 0 Å². The molecule has 0 saturated carbocycles. The Morgan fingerprint density at radius 3 is 2.87 bits per heavy atom. The smallest absolute Gasteiger partial charge is 0.161 e. The summed E-state index contributed by atoms with van der Waals surface area (Å²) < 4.78 is 10.9. The van der Waals surface area contributed by atoms with Crippen molar-refractivity contribution < 1.29 is 29.4 Å². The molecule has 23 heavy (non-hydrogen) atoms. The summed E-state index contributed by atoms with van der Waals surface area (Å²) in [6.07, 6.45) is 0.929. The lowest BCUT2D eigenvalue weighted by Gasteiger charge is -2.28. The SMILES string of the molecule is COc1cc(C(C)=O)ccc1OC[C@H](O)C[NH+]1CCC[C@H](O)C1. The highest BCUT2D eigenvalue weighted by molar-refractivity contribution is 5.94. The third kappa shape index (κ3) is 5.20. The number of aliphatic hydroxyl groups excluding tert-OH is 2. The van der Waals surface area contributed by atoms with E-state index < -0.39 is 6.10 Å². The second-order valence-corrected chi connectivity index (χ2v) is 6.09. The Morgan fingerprint density at radius 1 is 1.43 bits per heavy atom. The number of Topliss-reactive ketones (excluding diaryl/α,β-unsaturated/α-hetero) is 1. The van der Waals surface area contributed by atoms with Crippen LogP contribution in [0.25, 0.3) is 0 Å². The van der Waals surface area contributed by atoms with E-state index in [0.29, 0.717) is 30.2 Å². The average molecular weight is 324 g/mol. The highest BCUT2D eigenvalue weighted by Gasteiger charge is 2.23. The number of methoxy groups -OCH3 is 1. The Balaban J connectivity index is 1.88. The summed E-state index contributed by atoms with van der Waals surface area (Å²) in [6.45, 7) is 3.83. The fourth-order valence-corrected chi connectivity index (χ4v) is 2.89. The van der Waals surface area contributed by atoms with Crippen LogP contribution in [0, 0.1) is 0 Å². The number of rotatable bonds is 7. The number of hydrogen-bond donors (Lipinski definition) is 3. The van der Waals surface area contributed by atoms with Crippen LogP contribution in [0.15, 0.2) is 18.2 Å². The maximum atomic E-state index is 11.4. The van der Waals surface area contributed by atoms with Gasteiger partial charge in [-0.15, -0.1) is 0 Å². The van der Waals surface area contributed by atoms with Crippen molar-refractivity contribution in [2.45, 2.75) is 32.0 Å². The summed E-state index contributed by atoms with van der Waals surface area (Å²) in [6, 6.07) is 4.99. The van der Waals surface area contributed by atoms with Crippen LogP contribution in [0.1, 0.15) is 30.1 Å². The van der Waals surface area contributed by atoms with Crippen LogP contribution < -0.4 is 14.4 Å². The first-order valence-electron chi connectivity index (χ1n) is 8.01. The third-order valence-corrected chi connectivity index (χ3v) is 4.12. The molecular formula is C17H26NO5+. The first-order valence-corrected chi connectivity index (χ1v) is 8.01. The summed E-state index contributed by atoms with van der Waals surface area (Å²) in [5.41, 5.74) is 0.557. The van der Waals surface area contributed by atoms with Gasteiger partial charge in [-0.25, -0.2) is 0 Å². The molecule has 1 fully saturated rings. The Kier molecular flexibility index (Phi) is 6.38. The van der Waals surface area contributed by atoms with Crippen LogP contribution in [0.3, 0.4) is 0 Å². The molecule has 6 heteroatoms. The van der Waals surface area contributed by atoms with Gasteiger partial charge in [-0.1, -0.05) is 0 Å². The maximum absolute atomic E-state index is 11.4. The summed E-state index contributed by atoms with van der Waals surface area (Å²) in [5.74, 6) is 0.943. The van der Waals surface area contributed by atoms with E-state index in [-0.39, 0.29) is 18.5 Å². The van der Waals surface area contributed by atoms with Gasteiger partial charge in [0.15, 0.2) is 17.3 Å². The van der Waals surface area contributed by atoms with Crippen molar-refractivity contribution >= 4 is 5.78 Å². The van der Waals surface area contributed by atoms with E-state index in [4.69, 9.17) is 9.47 Å². The molecule has 0 aliphatic carbocycles. The predicted octanol–water partition coefficient (Wildman–Crippen LogP) is -0.323. The van der Waals surface area contributed by atoms with E-state index in [1.807, 2.05) is 0 Å². The van der Waals surface area contributed by atoms with Crippen molar-refractivity contribution in [3.8, 4) is 11.5 Å². The summed E-state index contributed by atoms with van der Waals surface area (Å²) in [7, 11) is 1.52. The minimum absolute atomic E-state index is 0.0397. The molecule has 1 unspecified atom stereocenters. The minimum atomic E-state index is -0.618. The lowest BCUT2D eigenvalue weighted by molar-refractivity contribution is -0.911. The zero-order chi connectivity index (χ0) is 16.8. The second kappa shape index (κ2) is 8.29. The van der Waals surface area contributed by atoms with E-state index in [2.05, 4.69) is 0 Å². The molecule has 1 saturated heterocycles. The van der Waals surface area contributed by atoms with Crippen LogP contribution >= 0.6 is 0 Å². The Hall–Kier alpha value is -1.63. The monoisotopic (exact) mass is 324 g/mol. The van der Waals surface area contributed by atoms with Crippen LogP contribution in [-0.2, 0) is 0 Å². The maximum Gasteiger partial charge on any atom is 0.161 e. The molecule has 1 aliphatic heterocycles. The summed E-state index contributed by atoms with van der Waals surface area (Å²) >= 11 is 0.